The molecule has 0 bridgehead atoms. The van der Waals surface area contributed by atoms with Gasteiger partial charge in [-0.15, -0.1) is 0 Å². The van der Waals surface area contributed by atoms with Crippen molar-refractivity contribution in [3.8, 4) is 0 Å². The van der Waals surface area contributed by atoms with Crippen molar-refractivity contribution in [3.63, 3.8) is 0 Å². The molecule has 1 aromatic carbocycles. The number of aromatic nitrogens is 1. The molecule has 3 rings (SSSR count). The summed E-state index contributed by atoms with van der Waals surface area (Å²) in [4.78, 5) is 13.9. The van der Waals surface area contributed by atoms with Crippen molar-refractivity contribution in [2.45, 2.75) is 11.8 Å². The van der Waals surface area contributed by atoms with Crippen molar-refractivity contribution in [3.05, 3.63) is 46.8 Å². The lowest BCUT2D eigenvalue weighted by Gasteiger charge is -2.33. The van der Waals surface area contributed by atoms with Crippen LogP contribution in [0.1, 0.15) is 16.2 Å². The van der Waals surface area contributed by atoms with E-state index in [0.717, 1.165) is 0 Å². The average molecular weight is 370 g/mol. The molecule has 1 aliphatic rings. The molecule has 0 spiro atoms. The fourth-order valence-electron chi connectivity index (χ4n) is 2.54. The molecule has 0 aliphatic carbocycles. The van der Waals surface area contributed by atoms with Crippen molar-refractivity contribution in [1.29, 1.82) is 0 Å². The van der Waals surface area contributed by atoms with Crippen LogP contribution in [0, 0.1) is 6.92 Å². The molecule has 0 atom stereocenters. The first kappa shape index (κ1) is 16.9. The molecule has 1 amide bonds. The first-order chi connectivity index (χ1) is 11.4. The zero-order valence-corrected chi connectivity index (χ0v) is 14.5. The van der Waals surface area contributed by atoms with E-state index in [1.54, 1.807) is 36.1 Å². The van der Waals surface area contributed by atoms with Crippen LogP contribution in [0.15, 0.2) is 39.8 Å². The molecule has 1 fully saturated rings. The molecule has 1 saturated heterocycles. The predicted octanol–water partition coefficient (Wildman–Crippen LogP) is 1.78. The van der Waals surface area contributed by atoms with Gasteiger partial charge in [-0.3, -0.25) is 4.79 Å². The van der Waals surface area contributed by atoms with Gasteiger partial charge in [0.15, 0.2) is 0 Å². The monoisotopic (exact) mass is 369 g/mol. The summed E-state index contributed by atoms with van der Waals surface area (Å²) in [5, 5.41) is 3.88. The summed E-state index contributed by atoms with van der Waals surface area (Å²) in [6.07, 6.45) is 0. The predicted molar refractivity (Wildman–Crippen MR) is 87.4 cm³/mol. The molecule has 9 heteroatoms. The lowest BCUT2D eigenvalue weighted by molar-refractivity contribution is 0.0656. The van der Waals surface area contributed by atoms with Crippen molar-refractivity contribution >= 4 is 27.5 Å². The number of aryl methyl sites for hydroxylation is 1. The van der Waals surface area contributed by atoms with Gasteiger partial charge in [-0.05, 0) is 19.1 Å². The minimum absolute atomic E-state index is 0.0808. The van der Waals surface area contributed by atoms with Crippen LogP contribution in [0.5, 0.6) is 0 Å². The maximum atomic E-state index is 12.7. The molecule has 0 radical (unpaired) electrons. The van der Waals surface area contributed by atoms with E-state index in [2.05, 4.69) is 5.16 Å². The van der Waals surface area contributed by atoms with Gasteiger partial charge in [0.25, 0.3) is 5.91 Å². The number of rotatable bonds is 3. The fourth-order valence-corrected chi connectivity index (χ4v) is 4.46. The molecule has 128 valence electrons. The summed E-state index contributed by atoms with van der Waals surface area (Å²) in [5.41, 5.74) is 0.623. The van der Waals surface area contributed by atoms with Crippen LogP contribution in [-0.2, 0) is 10.0 Å². The van der Waals surface area contributed by atoms with E-state index in [1.165, 1.54) is 10.4 Å². The Balaban J connectivity index is 1.71. The van der Waals surface area contributed by atoms with Crippen LogP contribution in [-0.4, -0.2) is 54.9 Å². The second-order valence-corrected chi connectivity index (χ2v) is 7.77. The number of nitrogens with zero attached hydrogens (tertiary/aromatic N) is 3. The Bertz CT molecular complexity index is 857. The van der Waals surface area contributed by atoms with Crippen LogP contribution in [0.2, 0.25) is 5.02 Å². The van der Waals surface area contributed by atoms with Gasteiger partial charge in [0.2, 0.25) is 15.8 Å². The topological polar surface area (TPSA) is 83.7 Å². The van der Waals surface area contributed by atoms with E-state index in [0.29, 0.717) is 5.69 Å². The maximum absolute atomic E-state index is 12.7. The summed E-state index contributed by atoms with van der Waals surface area (Å²) in [6, 6.07) is 7.89. The summed E-state index contributed by atoms with van der Waals surface area (Å²) in [7, 11) is -3.67. The number of piperazine rings is 1. The van der Waals surface area contributed by atoms with Crippen LogP contribution in [0.25, 0.3) is 0 Å². The Hall–Kier alpha value is -1.90. The average Bonchev–Trinajstić information content (AvgIpc) is 3.01. The van der Waals surface area contributed by atoms with E-state index in [4.69, 9.17) is 16.1 Å². The zero-order chi connectivity index (χ0) is 17.3. The van der Waals surface area contributed by atoms with Crippen molar-refractivity contribution in [2.24, 2.45) is 0 Å². The minimum Gasteiger partial charge on any atom is -0.351 e. The maximum Gasteiger partial charge on any atom is 0.292 e. The molecule has 7 nitrogen and oxygen atoms in total. The first-order valence-corrected chi connectivity index (χ1v) is 9.18. The number of hydrogen-bond donors (Lipinski definition) is 0. The summed E-state index contributed by atoms with van der Waals surface area (Å²) in [5.74, 6) is -0.125. The highest BCUT2D eigenvalue weighted by Crippen LogP contribution is 2.25. The smallest absolute Gasteiger partial charge is 0.292 e. The van der Waals surface area contributed by atoms with E-state index in [-0.39, 0.29) is 47.8 Å². The van der Waals surface area contributed by atoms with Crippen molar-refractivity contribution in [1.82, 2.24) is 14.4 Å². The van der Waals surface area contributed by atoms with Gasteiger partial charge in [-0.1, -0.05) is 28.9 Å². The molecule has 0 N–H and O–H groups in total. The van der Waals surface area contributed by atoms with Crippen LogP contribution in [0.3, 0.4) is 0 Å². The molecule has 0 unspecified atom stereocenters. The number of carbonyl (C=O) groups is 1. The molecular formula is C15H16ClN3O4S. The Morgan fingerprint density at radius 3 is 2.46 bits per heavy atom. The van der Waals surface area contributed by atoms with Gasteiger partial charge < -0.3 is 9.42 Å². The van der Waals surface area contributed by atoms with Gasteiger partial charge in [-0.2, -0.15) is 4.31 Å². The second-order valence-electron chi connectivity index (χ2n) is 5.46. The van der Waals surface area contributed by atoms with E-state index < -0.39 is 10.0 Å². The van der Waals surface area contributed by atoms with Crippen LogP contribution < -0.4 is 0 Å². The molecule has 1 aliphatic heterocycles. The van der Waals surface area contributed by atoms with Gasteiger partial charge in [0.05, 0.1) is 10.7 Å². The SMILES string of the molecule is Cc1cc(C(=O)N2CCN(S(=O)(=O)c3ccccc3Cl)CC2)on1. The summed E-state index contributed by atoms with van der Waals surface area (Å²) < 4.78 is 31.6. The van der Waals surface area contributed by atoms with Gasteiger partial charge in [0.1, 0.15) is 4.90 Å². The summed E-state index contributed by atoms with van der Waals surface area (Å²) in [6.45, 7) is 2.69. The first-order valence-electron chi connectivity index (χ1n) is 7.37. The van der Waals surface area contributed by atoms with Crippen molar-refractivity contribution in [2.75, 3.05) is 26.2 Å². The third kappa shape index (κ3) is 3.17. The number of carbonyl (C=O) groups excluding carboxylic acids is 1. The third-order valence-corrected chi connectivity index (χ3v) is 6.22. The normalized spacial score (nSPS) is 16.3. The number of sulfonamides is 1. The Kier molecular flexibility index (Phi) is 4.62. The lowest BCUT2D eigenvalue weighted by atomic mass is 10.3. The lowest BCUT2D eigenvalue weighted by Crippen LogP contribution is -2.50. The van der Waals surface area contributed by atoms with Crippen LogP contribution in [0.4, 0.5) is 0 Å². The molecular weight excluding hydrogens is 354 g/mol. The quantitative estimate of drug-likeness (QED) is 0.823. The zero-order valence-electron chi connectivity index (χ0n) is 13.0. The highest BCUT2D eigenvalue weighted by atomic mass is 35.5. The van der Waals surface area contributed by atoms with Gasteiger partial charge in [-0.25, -0.2) is 8.42 Å². The van der Waals surface area contributed by atoms with E-state index in [1.807, 2.05) is 0 Å². The molecule has 2 heterocycles. The largest absolute Gasteiger partial charge is 0.351 e. The number of benzene rings is 1. The van der Waals surface area contributed by atoms with Gasteiger partial charge >= 0.3 is 0 Å². The summed E-state index contributed by atoms with van der Waals surface area (Å²) >= 11 is 6.00. The molecule has 0 saturated carbocycles. The number of halogens is 1. The third-order valence-electron chi connectivity index (χ3n) is 3.82. The Morgan fingerprint density at radius 1 is 1.21 bits per heavy atom. The second kappa shape index (κ2) is 6.54. The van der Waals surface area contributed by atoms with E-state index in [9.17, 15) is 13.2 Å². The Labute approximate surface area is 144 Å². The molecule has 1 aromatic heterocycles. The Morgan fingerprint density at radius 2 is 1.88 bits per heavy atom. The highest BCUT2D eigenvalue weighted by Gasteiger charge is 2.32. The van der Waals surface area contributed by atoms with Gasteiger partial charge in [0, 0.05) is 32.2 Å². The fraction of sp³-hybridized carbons (Fsp3) is 0.333. The van der Waals surface area contributed by atoms with Crippen molar-refractivity contribution < 1.29 is 17.7 Å². The minimum atomic E-state index is -3.67. The standard InChI is InChI=1S/C15H16ClN3O4S/c1-11-10-13(23-17-11)15(20)18-6-8-19(9-7-18)24(21,22)14-5-3-2-4-12(14)16/h2-5,10H,6-9H2,1H3. The highest BCUT2D eigenvalue weighted by molar-refractivity contribution is 7.89. The number of hydrogen-bond acceptors (Lipinski definition) is 5. The molecule has 24 heavy (non-hydrogen) atoms. The van der Waals surface area contributed by atoms with E-state index >= 15 is 0 Å². The van der Waals surface area contributed by atoms with Crippen LogP contribution >= 0.6 is 11.6 Å². The molecule has 2 aromatic rings. The number of amides is 1.